The van der Waals surface area contributed by atoms with Crippen molar-refractivity contribution >= 4 is 23.2 Å². The van der Waals surface area contributed by atoms with E-state index >= 15 is 0 Å². The van der Waals surface area contributed by atoms with Crippen LogP contribution in [-0.4, -0.2) is 12.6 Å². The van der Waals surface area contributed by atoms with E-state index in [2.05, 4.69) is 19.2 Å². The van der Waals surface area contributed by atoms with Gasteiger partial charge in [0.05, 0.1) is 12.1 Å². The van der Waals surface area contributed by atoms with Crippen LogP contribution in [0, 0.1) is 16.7 Å². The lowest BCUT2D eigenvalue weighted by Crippen LogP contribution is -2.63. The van der Waals surface area contributed by atoms with E-state index in [1.54, 1.807) is 13.2 Å². The molecule has 2 nitrogen and oxygen atoms in total. The molecule has 4 aliphatic carbocycles. The Bertz CT molecular complexity index is 656. The van der Waals surface area contributed by atoms with Crippen molar-refractivity contribution in [1.29, 1.82) is 0 Å². The number of rotatable bonds is 4. The first-order chi connectivity index (χ1) is 11.2. The molecule has 4 fully saturated rings. The number of ether oxygens (including phenoxy) is 1. The second-order valence-electron chi connectivity index (χ2n) is 9.34. The SMILES string of the molecule is COc1c(Cl)cc(Cl)cc1CNC12CC3C[C@@](C)(C1)C[C@](C)(C3)C2. The van der Waals surface area contributed by atoms with Crippen LogP contribution in [0.1, 0.15) is 57.9 Å². The lowest BCUT2D eigenvalue weighted by Gasteiger charge is -2.65. The zero-order valence-electron chi connectivity index (χ0n) is 14.8. The Balaban J connectivity index is 1.58. The third-order valence-electron chi connectivity index (χ3n) is 6.57. The minimum atomic E-state index is 0.267. The van der Waals surface area contributed by atoms with Gasteiger partial charge in [0.2, 0.25) is 0 Å². The lowest BCUT2D eigenvalue weighted by atomic mass is 9.43. The average molecular weight is 368 g/mol. The van der Waals surface area contributed by atoms with Crippen molar-refractivity contribution < 1.29 is 4.74 Å². The topological polar surface area (TPSA) is 21.3 Å². The summed E-state index contributed by atoms with van der Waals surface area (Å²) in [6.07, 6.45) is 8.13. The molecule has 0 radical (unpaired) electrons. The van der Waals surface area contributed by atoms with Gasteiger partial charge in [0.1, 0.15) is 5.75 Å². The Morgan fingerprint density at radius 3 is 2.33 bits per heavy atom. The minimum Gasteiger partial charge on any atom is -0.495 e. The van der Waals surface area contributed by atoms with Gasteiger partial charge in [-0.25, -0.2) is 0 Å². The van der Waals surface area contributed by atoms with Crippen LogP contribution in [0.15, 0.2) is 12.1 Å². The van der Waals surface area contributed by atoms with Crippen molar-refractivity contribution in [3.05, 3.63) is 27.7 Å². The molecular weight excluding hydrogens is 341 g/mol. The maximum Gasteiger partial charge on any atom is 0.142 e. The van der Waals surface area contributed by atoms with E-state index in [1.165, 1.54) is 38.5 Å². The first-order valence-corrected chi connectivity index (χ1v) is 9.76. The Morgan fingerprint density at radius 2 is 1.75 bits per heavy atom. The van der Waals surface area contributed by atoms with Gasteiger partial charge in [-0.05, 0) is 67.4 Å². The fourth-order valence-corrected chi connectivity index (χ4v) is 7.51. The van der Waals surface area contributed by atoms with Crippen LogP contribution >= 0.6 is 23.2 Å². The van der Waals surface area contributed by atoms with Crippen molar-refractivity contribution in [3.8, 4) is 5.75 Å². The zero-order valence-corrected chi connectivity index (χ0v) is 16.4. The van der Waals surface area contributed by atoms with Crippen LogP contribution in [0.4, 0.5) is 0 Å². The van der Waals surface area contributed by atoms with Gasteiger partial charge in [0.25, 0.3) is 0 Å². The maximum atomic E-state index is 6.30. The first kappa shape index (κ1) is 17.0. The highest BCUT2D eigenvalue weighted by Gasteiger charge is 2.59. The molecule has 2 unspecified atom stereocenters. The largest absolute Gasteiger partial charge is 0.495 e. The smallest absolute Gasteiger partial charge is 0.142 e. The van der Waals surface area contributed by atoms with Crippen LogP contribution in [0.5, 0.6) is 5.75 Å². The van der Waals surface area contributed by atoms with Crippen LogP contribution in [-0.2, 0) is 6.54 Å². The first-order valence-electron chi connectivity index (χ1n) is 9.01. The number of methoxy groups -OCH3 is 1. The summed E-state index contributed by atoms with van der Waals surface area (Å²) in [5.74, 6) is 1.63. The van der Waals surface area contributed by atoms with Gasteiger partial charge in [-0.2, -0.15) is 0 Å². The fraction of sp³-hybridized carbons (Fsp3) is 0.700. The third-order valence-corrected chi connectivity index (χ3v) is 7.07. The number of halogens is 2. The second kappa shape index (κ2) is 5.53. The van der Waals surface area contributed by atoms with E-state index in [1.807, 2.05) is 6.07 Å². The Morgan fingerprint density at radius 1 is 1.08 bits per heavy atom. The summed E-state index contributed by atoms with van der Waals surface area (Å²) < 4.78 is 5.51. The average Bonchev–Trinajstić information content (AvgIpc) is 2.40. The van der Waals surface area contributed by atoms with Gasteiger partial charge in [-0.3, -0.25) is 0 Å². The molecule has 4 bridgehead atoms. The van der Waals surface area contributed by atoms with E-state index in [4.69, 9.17) is 27.9 Å². The van der Waals surface area contributed by atoms with Crippen molar-refractivity contribution in [1.82, 2.24) is 5.32 Å². The van der Waals surface area contributed by atoms with Crippen LogP contribution < -0.4 is 10.1 Å². The minimum absolute atomic E-state index is 0.267. The van der Waals surface area contributed by atoms with Gasteiger partial charge in [0, 0.05) is 22.7 Å². The molecule has 0 spiro atoms. The molecule has 0 amide bonds. The summed E-state index contributed by atoms with van der Waals surface area (Å²) in [4.78, 5) is 0. The number of nitrogens with one attached hydrogen (secondary N) is 1. The molecule has 0 heterocycles. The molecule has 0 aromatic heterocycles. The van der Waals surface area contributed by atoms with E-state index < -0.39 is 0 Å². The highest BCUT2D eigenvalue weighted by Crippen LogP contribution is 2.66. The molecule has 132 valence electrons. The summed E-state index contributed by atoms with van der Waals surface area (Å²) >= 11 is 12.5. The molecular formula is C20H27Cl2NO. The standard InChI is InChI=1S/C20H27Cl2NO/c1-18-6-13-7-19(2,10-18)12-20(8-13,11-18)23-9-14-4-15(21)5-16(22)17(14)24-3/h4-5,13,23H,6-12H2,1-3H3/t13?,18-,19+,20?. The summed E-state index contributed by atoms with van der Waals surface area (Å²) in [5, 5.41) is 5.18. The van der Waals surface area contributed by atoms with Crippen LogP contribution in [0.2, 0.25) is 10.0 Å². The van der Waals surface area contributed by atoms with Gasteiger partial charge >= 0.3 is 0 Å². The van der Waals surface area contributed by atoms with Gasteiger partial charge < -0.3 is 10.1 Å². The zero-order chi connectivity index (χ0) is 17.2. The predicted octanol–water partition coefficient (Wildman–Crippen LogP) is 5.84. The van der Waals surface area contributed by atoms with E-state index in [0.29, 0.717) is 20.9 Å². The quantitative estimate of drug-likeness (QED) is 0.721. The highest BCUT2D eigenvalue weighted by atomic mass is 35.5. The summed E-state index contributed by atoms with van der Waals surface area (Å²) in [7, 11) is 1.67. The lowest BCUT2D eigenvalue weighted by molar-refractivity contribution is -0.118. The van der Waals surface area contributed by atoms with Crippen molar-refractivity contribution in [2.75, 3.05) is 7.11 Å². The fourth-order valence-electron chi connectivity index (χ4n) is 6.90. The van der Waals surface area contributed by atoms with E-state index in [0.717, 1.165) is 23.8 Å². The summed E-state index contributed by atoms with van der Waals surface area (Å²) in [5.41, 5.74) is 2.35. The number of hydrogen-bond donors (Lipinski definition) is 1. The Hall–Kier alpha value is -0.440. The molecule has 4 saturated carbocycles. The maximum absolute atomic E-state index is 6.30. The third kappa shape index (κ3) is 2.85. The predicted molar refractivity (Wildman–Crippen MR) is 100.0 cm³/mol. The molecule has 5 rings (SSSR count). The molecule has 4 aliphatic rings. The Kier molecular flexibility index (Phi) is 3.91. The highest BCUT2D eigenvalue weighted by molar-refractivity contribution is 6.35. The molecule has 0 saturated heterocycles. The van der Waals surface area contributed by atoms with Crippen molar-refractivity contribution in [3.63, 3.8) is 0 Å². The van der Waals surface area contributed by atoms with Crippen LogP contribution in [0.25, 0.3) is 0 Å². The summed E-state index contributed by atoms with van der Waals surface area (Å²) in [6.45, 7) is 5.77. The van der Waals surface area contributed by atoms with Gasteiger partial charge in [-0.15, -0.1) is 0 Å². The molecule has 1 aromatic rings. The van der Waals surface area contributed by atoms with Crippen molar-refractivity contribution in [2.45, 2.75) is 64.5 Å². The molecule has 4 atom stereocenters. The van der Waals surface area contributed by atoms with Crippen LogP contribution in [0.3, 0.4) is 0 Å². The monoisotopic (exact) mass is 367 g/mol. The molecule has 1 N–H and O–H groups in total. The van der Waals surface area contributed by atoms with E-state index in [9.17, 15) is 0 Å². The van der Waals surface area contributed by atoms with Gasteiger partial charge in [-0.1, -0.05) is 37.0 Å². The molecule has 1 aromatic carbocycles. The number of benzene rings is 1. The van der Waals surface area contributed by atoms with Gasteiger partial charge in [0.15, 0.2) is 0 Å². The Labute approximate surface area is 155 Å². The van der Waals surface area contributed by atoms with E-state index in [-0.39, 0.29) is 5.54 Å². The molecule has 0 aliphatic heterocycles. The second-order valence-corrected chi connectivity index (χ2v) is 10.2. The number of hydrogen-bond acceptors (Lipinski definition) is 2. The molecule has 4 heteroatoms. The normalized spacial score (nSPS) is 40.1. The summed E-state index contributed by atoms with van der Waals surface area (Å²) in [6, 6.07) is 3.72. The van der Waals surface area contributed by atoms with Crippen molar-refractivity contribution in [2.24, 2.45) is 16.7 Å². The molecule has 24 heavy (non-hydrogen) atoms.